The van der Waals surface area contributed by atoms with Gasteiger partial charge in [-0.1, -0.05) is 66.4 Å². The van der Waals surface area contributed by atoms with Crippen molar-refractivity contribution in [2.24, 2.45) is 15.9 Å². The van der Waals surface area contributed by atoms with Gasteiger partial charge in [0.2, 0.25) is 0 Å². The molecule has 0 aliphatic rings. The molecule has 0 saturated heterocycles. The molecule has 150 valence electrons. The summed E-state index contributed by atoms with van der Waals surface area (Å²) in [7, 11) is 0. The van der Waals surface area contributed by atoms with Crippen molar-refractivity contribution in [2.45, 2.75) is 12.3 Å². The molecule has 0 fully saturated rings. The van der Waals surface area contributed by atoms with Gasteiger partial charge in [0.25, 0.3) is 0 Å². The highest BCUT2D eigenvalue weighted by Gasteiger charge is 2.03. The molecule has 6 heteroatoms. The zero-order valence-corrected chi connectivity index (χ0v) is 17.1. The maximum absolute atomic E-state index is 13.1. The predicted molar refractivity (Wildman–Crippen MR) is 124 cm³/mol. The molecular formula is C24H21FN4S. The number of thioether (sulfide) groups is 1. The van der Waals surface area contributed by atoms with E-state index in [4.69, 9.17) is 5.73 Å². The van der Waals surface area contributed by atoms with Gasteiger partial charge in [0, 0.05) is 24.0 Å². The van der Waals surface area contributed by atoms with Crippen molar-refractivity contribution in [2.75, 3.05) is 0 Å². The lowest BCUT2D eigenvalue weighted by Crippen LogP contribution is -2.06. The summed E-state index contributed by atoms with van der Waals surface area (Å²) < 4.78 is 15.3. The monoisotopic (exact) mass is 416 g/mol. The molecule has 0 aliphatic heterocycles. The Hall–Kier alpha value is -3.38. The second-order valence-corrected chi connectivity index (χ2v) is 7.84. The van der Waals surface area contributed by atoms with Crippen LogP contribution in [-0.2, 0) is 12.3 Å². The van der Waals surface area contributed by atoms with Crippen LogP contribution in [0.2, 0.25) is 0 Å². The first-order valence-electron chi connectivity index (χ1n) is 9.54. The quantitative estimate of drug-likeness (QED) is 0.260. The van der Waals surface area contributed by atoms with Crippen molar-refractivity contribution in [3.05, 3.63) is 108 Å². The van der Waals surface area contributed by atoms with Gasteiger partial charge in [0.1, 0.15) is 5.82 Å². The van der Waals surface area contributed by atoms with Crippen molar-refractivity contribution < 1.29 is 4.39 Å². The Kier molecular flexibility index (Phi) is 6.25. The third kappa shape index (κ3) is 5.15. The van der Waals surface area contributed by atoms with Crippen LogP contribution in [0.25, 0.3) is 10.9 Å². The van der Waals surface area contributed by atoms with Gasteiger partial charge in [0.05, 0.1) is 6.21 Å². The van der Waals surface area contributed by atoms with Crippen LogP contribution >= 0.6 is 11.8 Å². The smallest absolute Gasteiger partial charge is 0.180 e. The van der Waals surface area contributed by atoms with Gasteiger partial charge < -0.3 is 10.3 Å². The van der Waals surface area contributed by atoms with Crippen LogP contribution < -0.4 is 5.73 Å². The lowest BCUT2D eigenvalue weighted by Gasteiger charge is -2.06. The first-order chi connectivity index (χ1) is 14.7. The molecule has 0 spiro atoms. The molecule has 1 aromatic heterocycles. The minimum atomic E-state index is -0.226. The summed E-state index contributed by atoms with van der Waals surface area (Å²) in [6, 6.07) is 24.9. The summed E-state index contributed by atoms with van der Waals surface area (Å²) >= 11 is 1.46. The second kappa shape index (κ2) is 9.41. The maximum atomic E-state index is 13.1. The fraction of sp³-hybridized carbons (Fsp3) is 0.0833. The van der Waals surface area contributed by atoms with Gasteiger partial charge in [-0.15, -0.1) is 5.10 Å². The Labute approximate surface area is 178 Å². The molecule has 0 amide bonds. The highest BCUT2D eigenvalue weighted by Crippen LogP contribution is 2.19. The van der Waals surface area contributed by atoms with Crippen LogP contribution in [0.5, 0.6) is 0 Å². The molecule has 0 atom stereocenters. The van der Waals surface area contributed by atoms with E-state index >= 15 is 0 Å². The molecule has 4 nitrogen and oxygen atoms in total. The van der Waals surface area contributed by atoms with Crippen molar-refractivity contribution in [3.63, 3.8) is 0 Å². The first-order valence-corrected chi connectivity index (χ1v) is 10.5. The fourth-order valence-electron chi connectivity index (χ4n) is 3.12. The molecule has 0 unspecified atom stereocenters. The molecule has 4 aromatic rings. The SMILES string of the molecule is NC(=NN=Cc1ccc2ccn(Cc3ccc(F)cc3)c2c1)SCc1ccccc1. The van der Waals surface area contributed by atoms with E-state index < -0.39 is 0 Å². The molecule has 4 rings (SSSR count). The maximum Gasteiger partial charge on any atom is 0.180 e. The normalized spacial score (nSPS) is 12.1. The number of amidine groups is 1. The van der Waals surface area contributed by atoms with Crippen LogP contribution in [0.3, 0.4) is 0 Å². The molecule has 0 saturated carbocycles. The average molecular weight is 417 g/mol. The molecule has 2 N–H and O–H groups in total. The third-order valence-corrected chi connectivity index (χ3v) is 5.51. The van der Waals surface area contributed by atoms with Gasteiger partial charge in [-0.3, -0.25) is 0 Å². The minimum absolute atomic E-state index is 0.226. The summed E-state index contributed by atoms with van der Waals surface area (Å²) in [5.74, 6) is 0.533. The van der Waals surface area contributed by atoms with Gasteiger partial charge >= 0.3 is 0 Å². The number of fused-ring (bicyclic) bond motifs is 1. The summed E-state index contributed by atoms with van der Waals surface area (Å²) in [6.07, 6.45) is 3.73. The van der Waals surface area contributed by atoms with Crippen molar-refractivity contribution >= 4 is 34.0 Å². The standard InChI is InChI=1S/C24H21FN4S/c25-22-10-7-18(8-11-22)16-29-13-12-21-9-6-20(14-23(21)29)15-27-28-24(26)30-17-19-4-2-1-3-5-19/h1-15H,16-17H2,(H2,26,28). The van der Waals surface area contributed by atoms with E-state index in [1.54, 1.807) is 18.3 Å². The lowest BCUT2D eigenvalue weighted by atomic mass is 10.1. The first kappa shape index (κ1) is 19.9. The molecule has 0 aliphatic carbocycles. The Bertz CT molecular complexity index is 1180. The molecular weight excluding hydrogens is 395 g/mol. The van der Waals surface area contributed by atoms with Crippen molar-refractivity contribution in [1.29, 1.82) is 0 Å². The van der Waals surface area contributed by atoms with Gasteiger partial charge in [0.15, 0.2) is 5.17 Å². The lowest BCUT2D eigenvalue weighted by molar-refractivity contribution is 0.626. The van der Waals surface area contributed by atoms with E-state index in [1.165, 1.54) is 29.5 Å². The molecule has 0 radical (unpaired) electrons. The largest absolute Gasteiger partial charge is 0.377 e. The summed E-state index contributed by atoms with van der Waals surface area (Å²) in [5.41, 5.74) is 10.2. The van der Waals surface area contributed by atoms with E-state index in [-0.39, 0.29) is 5.82 Å². The molecule has 3 aromatic carbocycles. The Balaban J connectivity index is 1.44. The zero-order valence-electron chi connectivity index (χ0n) is 16.3. The average Bonchev–Trinajstić information content (AvgIpc) is 3.17. The Morgan fingerprint density at radius 3 is 2.57 bits per heavy atom. The number of nitrogens with two attached hydrogens (primary N) is 1. The Morgan fingerprint density at radius 1 is 0.967 bits per heavy atom. The number of hydrogen-bond acceptors (Lipinski definition) is 3. The van der Waals surface area contributed by atoms with E-state index in [0.29, 0.717) is 11.7 Å². The Morgan fingerprint density at radius 2 is 1.77 bits per heavy atom. The topological polar surface area (TPSA) is 55.7 Å². The van der Waals surface area contributed by atoms with Crippen LogP contribution in [0.1, 0.15) is 16.7 Å². The summed E-state index contributed by atoms with van der Waals surface area (Å²) in [5, 5.41) is 9.78. The highest BCUT2D eigenvalue weighted by atomic mass is 32.2. The number of hydrogen-bond donors (Lipinski definition) is 1. The number of aromatic nitrogens is 1. The van der Waals surface area contributed by atoms with E-state index in [1.807, 2.05) is 30.5 Å². The summed E-state index contributed by atoms with van der Waals surface area (Å²) in [6.45, 7) is 0.672. The van der Waals surface area contributed by atoms with E-state index in [9.17, 15) is 4.39 Å². The van der Waals surface area contributed by atoms with Gasteiger partial charge in [-0.2, -0.15) is 5.10 Å². The van der Waals surface area contributed by atoms with Crippen molar-refractivity contribution in [3.8, 4) is 0 Å². The molecule has 30 heavy (non-hydrogen) atoms. The number of nitrogens with zero attached hydrogens (tertiary/aromatic N) is 3. The van der Waals surface area contributed by atoms with Gasteiger partial charge in [-0.25, -0.2) is 4.39 Å². The number of halogens is 1. The predicted octanol–water partition coefficient (Wildman–Crippen LogP) is 5.41. The number of rotatable bonds is 6. The fourth-order valence-corrected chi connectivity index (χ4v) is 3.73. The van der Waals surface area contributed by atoms with E-state index in [2.05, 4.69) is 45.1 Å². The second-order valence-electron chi connectivity index (χ2n) is 6.85. The van der Waals surface area contributed by atoms with Gasteiger partial charge in [-0.05, 0) is 46.3 Å². The third-order valence-electron chi connectivity index (χ3n) is 4.66. The van der Waals surface area contributed by atoms with Crippen LogP contribution in [0.15, 0.2) is 95.3 Å². The molecule has 1 heterocycles. The van der Waals surface area contributed by atoms with Crippen LogP contribution in [-0.4, -0.2) is 15.9 Å². The highest BCUT2D eigenvalue weighted by molar-refractivity contribution is 8.13. The number of benzene rings is 3. The van der Waals surface area contributed by atoms with Crippen LogP contribution in [0, 0.1) is 5.82 Å². The summed E-state index contributed by atoms with van der Waals surface area (Å²) in [4.78, 5) is 0. The van der Waals surface area contributed by atoms with Crippen molar-refractivity contribution in [1.82, 2.24) is 4.57 Å². The van der Waals surface area contributed by atoms with Crippen LogP contribution in [0.4, 0.5) is 4.39 Å². The molecule has 0 bridgehead atoms. The van der Waals surface area contributed by atoms with E-state index in [0.717, 1.165) is 27.8 Å². The minimum Gasteiger partial charge on any atom is -0.377 e. The zero-order chi connectivity index (χ0) is 20.8.